The molecule has 1 N–H and O–H groups in total. The molecular formula is C20H20N2O2. The molecule has 0 radical (unpaired) electrons. The fraction of sp³-hybridized carbons (Fsp3) is 0.200. The molecular weight excluding hydrogens is 300 g/mol. The average Bonchev–Trinajstić information content (AvgIpc) is 3.04. The van der Waals surface area contributed by atoms with E-state index in [1.165, 1.54) is 5.56 Å². The van der Waals surface area contributed by atoms with Gasteiger partial charge in [0, 0.05) is 11.6 Å². The molecule has 0 aliphatic rings. The largest absolute Gasteiger partial charge is 0.356 e. The summed E-state index contributed by atoms with van der Waals surface area (Å²) in [5.41, 5.74) is 3.85. The van der Waals surface area contributed by atoms with E-state index in [0.29, 0.717) is 11.5 Å². The summed E-state index contributed by atoms with van der Waals surface area (Å²) in [6.07, 6.45) is 0.201. The van der Waals surface area contributed by atoms with Crippen LogP contribution in [-0.2, 0) is 11.2 Å². The Balaban J connectivity index is 1.62. The number of rotatable bonds is 5. The number of aryl methyl sites for hydroxylation is 1. The highest BCUT2D eigenvalue weighted by molar-refractivity contribution is 5.78. The summed E-state index contributed by atoms with van der Waals surface area (Å²) in [7, 11) is 0. The van der Waals surface area contributed by atoms with Crippen LogP contribution >= 0.6 is 0 Å². The Morgan fingerprint density at radius 2 is 1.83 bits per heavy atom. The molecule has 4 nitrogen and oxygen atoms in total. The van der Waals surface area contributed by atoms with Crippen LogP contribution in [0.1, 0.15) is 29.8 Å². The topological polar surface area (TPSA) is 55.1 Å². The van der Waals surface area contributed by atoms with Crippen molar-refractivity contribution in [2.24, 2.45) is 0 Å². The van der Waals surface area contributed by atoms with Crippen LogP contribution in [0.4, 0.5) is 0 Å². The molecule has 0 fully saturated rings. The quantitative estimate of drug-likeness (QED) is 0.771. The lowest BCUT2D eigenvalue weighted by molar-refractivity contribution is -0.121. The minimum absolute atomic E-state index is 0.0397. The predicted molar refractivity (Wildman–Crippen MR) is 93.4 cm³/mol. The van der Waals surface area contributed by atoms with E-state index >= 15 is 0 Å². The second kappa shape index (κ2) is 7.13. The number of hydrogen-bond acceptors (Lipinski definition) is 3. The highest BCUT2D eigenvalue weighted by atomic mass is 16.5. The number of nitrogens with zero attached hydrogens (tertiary/aromatic N) is 1. The summed E-state index contributed by atoms with van der Waals surface area (Å²) in [6.45, 7) is 4.00. The van der Waals surface area contributed by atoms with Gasteiger partial charge >= 0.3 is 0 Å². The van der Waals surface area contributed by atoms with Gasteiger partial charge in [-0.3, -0.25) is 4.79 Å². The maximum absolute atomic E-state index is 12.2. The molecule has 1 heterocycles. The standard InChI is InChI=1S/C20H20N2O2/c1-14-8-10-17(11-9-14)19-12-18(22-24-19)13-20(23)21-15(2)16-6-4-3-5-7-16/h3-12,15H,13H2,1-2H3,(H,21,23). The SMILES string of the molecule is Cc1ccc(-c2cc(CC(=O)NC(C)c3ccccc3)no2)cc1. The molecule has 1 aromatic heterocycles. The maximum atomic E-state index is 12.2. The van der Waals surface area contributed by atoms with Crippen molar-refractivity contribution in [3.63, 3.8) is 0 Å². The number of carbonyl (C=O) groups excluding carboxylic acids is 1. The number of aromatic nitrogens is 1. The van der Waals surface area contributed by atoms with Crippen molar-refractivity contribution in [2.75, 3.05) is 0 Å². The molecule has 0 bridgehead atoms. The fourth-order valence-corrected chi connectivity index (χ4v) is 2.53. The van der Waals surface area contributed by atoms with Crippen LogP contribution < -0.4 is 5.32 Å². The predicted octanol–water partition coefficient (Wildman–Crippen LogP) is 4.07. The molecule has 0 aliphatic carbocycles. The van der Waals surface area contributed by atoms with Crippen molar-refractivity contribution in [1.29, 1.82) is 0 Å². The molecule has 3 aromatic rings. The summed E-state index contributed by atoms with van der Waals surface area (Å²) < 4.78 is 5.35. The molecule has 2 aromatic carbocycles. The van der Waals surface area contributed by atoms with Gasteiger partial charge in [-0.1, -0.05) is 65.3 Å². The van der Waals surface area contributed by atoms with Crippen molar-refractivity contribution < 1.29 is 9.32 Å². The van der Waals surface area contributed by atoms with Gasteiger partial charge in [0.25, 0.3) is 0 Å². The molecule has 0 saturated heterocycles. The van der Waals surface area contributed by atoms with Gasteiger partial charge in [-0.25, -0.2) is 0 Å². The number of hydrogen-bond donors (Lipinski definition) is 1. The smallest absolute Gasteiger partial charge is 0.226 e. The molecule has 24 heavy (non-hydrogen) atoms. The summed E-state index contributed by atoms with van der Waals surface area (Å²) >= 11 is 0. The first-order valence-electron chi connectivity index (χ1n) is 7.99. The Hall–Kier alpha value is -2.88. The molecule has 122 valence electrons. The minimum Gasteiger partial charge on any atom is -0.356 e. The van der Waals surface area contributed by atoms with Crippen molar-refractivity contribution in [2.45, 2.75) is 26.3 Å². The summed E-state index contributed by atoms with van der Waals surface area (Å²) in [4.78, 5) is 12.2. The number of benzene rings is 2. The fourth-order valence-electron chi connectivity index (χ4n) is 2.53. The van der Waals surface area contributed by atoms with Gasteiger partial charge in [0.15, 0.2) is 5.76 Å². The van der Waals surface area contributed by atoms with E-state index in [1.54, 1.807) is 0 Å². The molecule has 0 spiro atoms. The van der Waals surface area contributed by atoms with Crippen LogP contribution in [0.3, 0.4) is 0 Å². The van der Waals surface area contributed by atoms with Gasteiger partial charge in [0.1, 0.15) is 0 Å². The van der Waals surface area contributed by atoms with E-state index in [9.17, 15) is 4.79 Å². The zero-order chi connectivity index (χ0) is 16.9. The van der Waals surface area contributed by atoms with Gasteiger partial charge < -0.3 is 9.84 Å². The van der Waals surface area contributed by atoms with Crippen LogP contribution in [0.5, 0.6) is 0 Å². The van der Waals surface area contributed by atoms with E-state index in [2.05, 4.69) is 10.5 Å². The van der Waals surface area contributed by atoms with Crippen molar-refractivity contribution in [1.82, 2.24) is 10.5 Å². The van der Waals surface area contributed by atoms with Crippen LogP contribution in [0.2, 0.25) is 0 Å². The number of carbonyl (C=O) groups is 1. The monoisotopic (exact) mass is 320 g/mol. The molecule has 1 amide bonds. The Labute approximate surface area is 141 Å². The normalized spacial score (nSPS) is 11.9. The van der Waals surface area contributed by atoms with E-state index in [1.807, 2.05) is 74.5 Å². The maximum Gasteiger partial charge on any atom is 0.226 e. The highest BCUT2D eigenvalue weighted by Gasteiger charge is 2.13. The van der Waals surface area contributed by atoms with Crippen LogP contribution in [0.25, 0.3) is 11.3 Å². The zero-order valence-electron chi connectivity index (χ0n) is 13.8. The summed E-state index contributed by atoms with van der Waals surface area (Å²) in [5.74, 6) is 0.601. The zero-order valence-corrected chi connectivity index (χ0v) is 13.8. The Bertz CT molecular complexity index is 807. The Morgan fingerprint density at radius 1 is 1.12 bits per heavy atom. The lowest BCUT2D eigenvalue weighted by Gasteiger charge is -2.13. The summed E-state index contributed by atoms with van der Waals surface area (Å²) in [5, 5.41) is 6.98. The third-order valence-corrected chi connectivity index (χ3v) is 3.91. The molecule has 0 saturated carbocycles. The van der Waals surface area contributed by atoms with Gasteiger partial charge in [-0.05, 0) is 19.4 Å². The van der Waals surface area contributed by atoms with Crippen LogP contribution in [0.15, 0.2) is 65.2 Å². The van der Waals surface area contributed by atoms with Crippen molar-refractivity contribution >= 4 is 5.91 Å². The third kappa shape index (κ3) is 3.90. The first kappa shape index (κ1) is 16.0. The Kier molecular flexibility index (Phi) is 4.75. The number of amides is 1. The van der Waals surface area contributed by atoms with E-state index < -0.39 is 0 Å². The molecule has 4 heteroatoms. The highest BCUT2D eigenvalue weighted by Crippen LogP contribution is 2.21. The molecule has 0 aliphatic heterocycles. The van der Waals surface area contributed by atoms with Gasteiger partial charge in [-0.2, -0.15) is 0 Å². The van der Waals surface area contributed by atoms with E-state index in [-0.39, 0.29) is 18.4 Å². The first-order valence-corrected chi connectivity index (χ1v) is 7.99. The van der Waals surface area contributed by atoms with E-state index in [4.69, 9.17) is 4.52 Å². The van der Waals surface area contributed by atoms with Gasteiger partial charge in [0.05, 0.1) is 18.2 Å². The number of nitrogens with one attached hydrogen (secondary N) is 1. The molecule has 1 atom stereocenters. The van der Waals surface area contributed by atoms with Gasteiger partial charge in [0.2, 0.25) is 5.91 Å². The van der Waals surface area contributed by atoms with Crippen molar-refractivity contribution in [3.8, 4) is 11.3 Å². The second-order valence-electron chi connectivity index (χ2n) is 5.93. The van der Waals surface area contributed by atoms with Crippen molar-refractivity contribution in [3.05, 3.63) is 77.5 Å². The lowest BCUT2D eigenvalue weighted by Crippen LogP contribution is -2.28. The third-order valence-electron chi connectivity index (χ3n) is 3.91. The van der Waals surface area contributed by atoms with Crippen LogP contribution in [0, 0.1) is 6.92 Å². The minimum atomic E-state index is -0.0740. The first-order chi connectivity index (χ1) is 11.6. The van der Waals surface area contributed by atoms with Gasteiger partial charge in [-0.15, -0.1) is 0 Å². The molecule has 3 rings (SSSR count). The molecule has 1 unspecified atom stereocenters. The average molecular weight is 320 g/mol. The van der Waals surface area contributed by atoms with E-state index in [0.717, 1.165) is 11.1 Å². The second-order valence-corrected chi connectivity index (χ2v) is 5.93. The summed E-state index contributed by atoms with van der Waals surface area (Å²) in [6, 6.07) is 19.7. The lowest BCUT2D eigenvalue weighted by atomic mass is 10.1. The van der Waals surface area contributed by atoms with Crippen LogP contribution in [-0.4, -0.2) is 11.1 Å². The Morgan fingerprint density at radius 3 is 2.54 bits per heavy atom.